The molecule has 1 aromatic heterocycles. The number of nitrogens with zero attached hydrogens (tertiary/aromatic N) is 3. The summed E-state index contributed by atoms with van der Waals surface area (Å²) >= 11 is 5.94. The molecule has 0 aliphatic carbocycles. The molecule has 8 heteroatoms. The lowest BCUT2D eigenvalue weighted by atomic mass is 10.1. The number of rotatable bonds is 6. The maximum atomic E-state index is 13.2. The van der Waals surface area contributed by atoms with Gasteiger partial charge in [-0.05, 0) is 48.0 Å². The van der Waals surface area contributed by atoms with Gasteiger partial charge in [0.05, 0.1) is 12.1 Å². The van der Waals surface area contributed by atoms with Crippen molar-refractivity contribution in [3.05, 3.63) is 89.7 Å². The molecule has 4 rings (SSSR count). The van der Waals surface area contributed by atoms with Crippen molar-refractivity contribution >= 4 is 40.8 Å². The number of hydrogen-bond acceptors (Lipinski definition) is 4. The summed E-state index contributed by atoms with van der Waals surface area (Å²) in [6, 6.07) is 17.5. The van der Waals surface area contributed by atoms with Crippen LogP contribution in [0.5, 0.6) is 0 Å². The van der Waals surface area contributed by atoms with Crippen LogP contribution in [0.25, 0.3) is 0 Å². The van der Waals surface area contributed by atoms with E-state index in [9.17, 15) is 14.4 Å². The quantitative estimate of drug-likeness (QED) is 0.592. The molecule has 2 heterocycles. The molecule has 2 aromatic carbocycles. The number of halogens is 1. The molecule has 0 unspecified atom stereocenters. The van der Waals surface area contributed by atoms with Gasteiger partial charge in [0.25, 0.3) is 5.91 Å². The SMILES string of the molecule is O=C(C[C@H]1C(=O)N(c2ccc(Cl)cc2)C(=O)N1Cc1cccnc1)Nc1ccccc1. The number of urea groups is 1. The monoisotopic (exact) mass is 434 g/mol. The molecule has 1 fully saturated rings. The van der Waals surface area contributed by atoms with Crippen molar-refractivity contribution < 1.29 is 14.4 Å². The number of para-hydroxylation sites is 1. The number of nitrogens with one attached hydrogen (secondary N) is 1. The molecule has 1 aliphatic rings. The fourth-order valence-corrected chi connectivity index (χ4v) is 3.56. The summed E-state index contributed by atoms with van der Waals surface area (Å²) in [7, 11) is 0. The van der Waals surface area contributed by atoms with Gasteiger partial charge in [-0.3, -0.25) is 14.6 Å². The lowest BCUT2D eigenvalue weighted by Crippen LogP contribution is -2.37. The van der Waals surface area contributed by atoms with Crippen molar-refractivity contribution in [1.82, 2.24) is 9.88 Å². The zero-order chi connectivity index (χ0) is 21.8. The molecule has 1 aliphatic heterocycles. The second-order valence-electron chi connectivity index (χ2n) is 7.06. The molecule has 156 valence electrons. The fourth-order valence-electron chi connectivity index (χ4n) is 3.44. The van der Waals surface area contributed by atoms with E-state index in [4.69, 9.17) is 11.6 Å². The first kappa shape index (κ1) is 20.6. The number of imide groups is 1. The van der Waals surface area contributed by atoms with Crippen LogP contribution in [0.2, 0.25) is 5.02 Å². The highest BCUT2D eigenvalue weighted by molar-refractivity contribution is 6.30. The molecular weight excluding hydrogens is 416 g/mol. The van der Waals surface area contributed by atoms with Crippen LogP contribution in [-0.4, -0.2) is 33.8 Å². The van der Waals surface area contributed by atoms with E-state index in [0.29, 0.717) is 16.4 Å². The Balaban J connectivity index is 1.60. The Morgan fingerprint density at radius 2 is 1.74 bits per heavy atom. The van der Waals surface area contributed by atoms with Crippen molar-refractivity contribution in [2.24, 2.45) is 0 Å². The van der Waals surface area contributed by atoms with E-state index in [0.717, 1.165) is 10.5 Å². The van der Waals surface area contributed by atoms with E-state index >= 15 is 0 Å². The highest BCUT2D eigenvalue weighted by Crippen LogP contribution is 2.29. The Hall–Kier alpha value is -3.71. The van der Waals surface area contributed by atoms with Gasteiger partial charge in [-0.2, -0.15) is 0 Å². The van der Waals surface area contributed by atoms with Gasteiger partial charge in [-0.25, -0.2) is 9.69 Å². The standard InChI is InChI=1S/C23H19ClN4O3/c24-17-8-10-19(11-9-17)28-22(30)20(13-21(29)26-18-6-2-1-3-7-18)27(23(28)31)15-16-5-4-12-25-14-16/h1-12,14,20H,13,15H2,(H,26,29)/t20-/m0/s1. The van der Waals surface area contributed by atoms with Crippen molar-refractivity contribution in [3.8, 4) is 0 Å². The van der Waals surface area contributed by atoms with Crippen molar-refractivity contribution in [1.29, 1.82) is 0 Å². The highest BCUT2D eigenvalue weighted by atomic mass is 35.5. The third kappa shape index (κ3) is 4.57. The summed E-state index contributed by atoms with van der Waals surface area (Å²) in [5.74, 6) is -0.814. The van der Waals surface area contributed by atoms with Crippen LogP contribution < -0.4 is 10.2 Å². The number of amides is 4. The van der Waals surface area contributed by atoms with Crippen LogP contribution >= 0.6 is 11.6 Å². The molecule has 4 amide bonds. The fraction of sp³-hybridized carbons (Fsp3) is 0.130. The van der Waals surface area contributed by atoms with E-state index in [1.807, 2.05) is 12.1 Å². The van der Waals surface area contributed by atoms with Crippen LogP contribution in [0, 0.1) is 0 Å². The normalized spacial score (nSPS) is 16.0. The Labute approximate surface area is 184 Å². The minimum Gasteiger partial charge on any atom is -0.326 e. The van der Waals surface area contributed by atoms with Gasteiger partial charge in [0.15, 0.2) is 0 Å². The number of benzene rings is 2. The Morgan fingerprint density at radius 3 is 2.42 bits per heavy atom. The zero-order valence-corrected chi connectivity index (χ0v) is 17.2. The number of anilines is 2. The van der Waals surface area contributed by atoms with Crippen LogP contribution in [-0.2, 0) is 16.1 Å². The summed E-state index contributed by atoms with van der Waals surface area (Å²) in [5.41, 5.74) is 1.79. The summed E-state index contributed by atoms with van der Waals surface area (Å²) in [5, 5.41) is 3.27. The van der Waals surface area contributed by atoms with E-state index in [1.54, 1.807) is 67.0 Å². The number of aromatic nitrogens is 1. The first-order chi connectivity index (χ1) is 15.0. The van der Waals surface area contributed by atoms with Crippen molar-refractivity contribution in [3.63, 3.8) is 0 Å². The largest absolute Gasteiger partial charge is 0.332 e. The lowest BCUT2D eigenvalue weighted by molar-refractivity contribution is -0.124. The summed E-state index contributed by atoms with van der Waals surface area (Å²) in [6.45, 7) is 0.159. The molecule has 1 saturated heterocycles. The molecule has 1 N–H and O–H groups in total. The van der Waals surface area contributed by atoms with Gasteiger partial charge < -0.3 is 10.2 Å². The second-order valence-corrected chi connectivity index (χ2v) is 7.49. The first-order valence-electron chi connectivity index (χ1n) is 9.67. The molecule has 7 nitrogen and oxygen atoms in total. The van der Waals surface area contributed by atoms with Crippen LogP contribution in [0.1, 0.15) is 12.0 Å². The minimum atomic E-state index is -0.938. The van der Waals surface area contributed by atoms with Gasteiger partial charge in [0.2, 0.25) is 5.91 Å². The molecule has 3 aromatic rings. The van der Waals surface area contributed by atoms with Crippen LogP contribution in [0.3, 0.4) is 0 Å². The predicted octanol–water partition coefficient (Wildman–Crippen LogP) is 4.10. The third-order valence-corrected chi connectivity index (χ3v) is 5.17. The Kier molecular flexibility index (Phi) is 5.95. The molecule has 0 radical (unpaired) electrons. The smallest absolute Gasteiger partial charge is 0.326 e. The van der Waals surface area contributed by atoms with E-state index < -0.39 is 18.0 Å². The summed E-state index contributed by atoms with van der Waals surface area (Å²) in [6.07, 6.45) is 3.10. The first-order valence-corrected chi connectivity index (χ1v) is 10.0. The van der Waals surface area contributed by atoms with Crippen molar-refractivity contribution in [2.45, 2.75) is 19.0 Å². The molecule has 1 atom stereocenters. The Bertz CT molecular complexity index is 1090. The predicted molar refractivity (Wildman–Crippen MR) is 118 cm³/mol. The number of pyridine rings is 1. The van der Waals surface area contributed by atoms with Gasteiger partial charge in [-0.15, -0.1) is 0 Å². The number of carbonyl (C=O) groups is 3. The highest BCUT2D eigenvalue weighted by Gasteiger charge is 2.46. The summed E-state index contributed by atoms with van der Waals surface area (Å²) in [4.78, 5) is 45.6. The average molecular weight is 435 g/mol. The lowest BCUT2D eigenvalue weighted by Gasteiger charge is -2.21. The van der Waals surface area contributed by atoms with Gasteiger partial charge in [-0.1, -0.05) is 35.9 Å². The molecule has 31 heavy (non-hydrogen) atoms. The maximum absolute atomic E-state index is 13.2. The van der Waals surface area contributed by atoms with E-state index in [1.165, 1.54) is 4.90 Å². The number of carbonyl (C=O) groups excluding carboxylic acids is 3. The zero-order valence-electron chi connectivity index (χ0n) is 16.4. The summed E-state index contributed by atoms with van der Waals surface area (Å²) < 4.78 is 0. The molecular formula is C23H19ClN4O3. The Morgan fingerprint density at radius 1 is 1.00 bits per heavy atom. The number of hydrogen-bond donors (Lipinski definition) is 1. The van der Waals surface area contributed by atoms with Gasteiger partial charge in [0.1, 0.15) is 6.04 Å². The van der Waals surface area contributed by atoms with Gasteiger partial charge >= 0.3 is 6.03 Å². The maximum Gasteiger partial charge on any atom is 0.332 e. The van der Waals surface area contributed by atoms with Crippen LogP contribution in [0.15, 0.2) is 79.1 Å². The van der Waals surface area contributed by atoms with E-state index in [-0.39, 0.29) is 18.9 Å². The topological polar surface area (TPSA) is 82.6 Å². The second kappa shape index (κ2) is 8.97. The average Bonchev–Trinajstić information content (AvgIpc) is 3.00. The van der Waals surface area contributed by atoms with Gasteiger partial charge in [0, 0.05) is 29.6 Å². The van der Waals surface area contributed by atoms with Crippen molar-refractivity contribution in [2.75, 3.05) is 10.2 Å². The minimum absolute atomic E-state index is 0.159. The molecule has 0 bridgehead atoms. The third-order valence-electron chi connectivity index (χ3n) is 4.92. The van der Waals surface area contributed by atoms with Crippen LogP contribution in [0.4, 0.5) is 16.2 Å². The van der Waals surface area contributed by atoms with E-state index in [2.05, 4.69) is 10.3 Å². The molecule has 0 saturated carbocycles. The molecule has 0 spiro atoms.